The van der Waals surface area contributed by atoms with Gasteiger partial charge in [-0.25, -0.2) is 4.79 Å². The summed E-state index contributed by atoms with van der Waals surface area (Å²) in [4.78, 5) is 16.2. The number of pyridine rings is 1. The molecular weight excluding hydrogens is 310 g/mol. The van der Waals surface area contributed by atoms with E-state index in [1.807, 2.05) is 19.9 Å². The molecule has 1 aromatic heterocycles. The summed E-state index contributed by atoms with van der Waals surface area (Å²) in [5.74, 6) is 0.550. The second-order valence-electron chi connectivity index (χ2n) is 5.60. The number of hydrogen-bond donors (Lipinski definition) is 1. The Bertz CT molecular complexity index is 759. The SMILES string of the molecule is CCCc1nc(C)ccc1O[C@@H](C(=O)O)c1ccc2c(c1)OCO2. The van der Waals surface area contributed by atoms with Crippen LogP contribution in [0.3, 0.4) is 0 Å². The van der Waals surface area contributed by atoms with E-state index in [2.05, 4.69) is 4.98 Å². The van der Waals surface area contributed by atoms with E-state index in [0.29, 0.717) is 22.8 Å². The van der Waals surface area contributed by atoms with Crippen molar-refractivity contribution >= 4 is 5.97 Å². The van der Waals surface area contributed by atoms with Crippen LogP contribution in [0, 0.1) is 6.92 Å². The largest absolute Gasteiger partial charge is 0.478 e. The van der Waals surface area contributed by atoms with Crippen LogP contribution in [0.2, 0.25) is 0 Å². The predicted molar refractivity (Wildman–Crippen MR) is 86.5 cm³/mol. The summed E-state index contributed by atoms with van der Waals surface area (Å²) in [5, 5.41) is 9.59. The normalized spacial score (nSPS) is 13.6. The molecule has 2 heterocycles. The molecule has 24 heavy (non-hydrogen) atoms. The van der Waals surface area contributed by atoms with Crippen molar-refractivity contribution in [3.63, 3.8) is 0 Å². The molecule has 0 amide bonds. The Morgan fingerprint density at radius 1 is 1.29 bits per heavy atom. The Morgan fingerprint density at radius 2 is 2.08 bits per heavy atom. The second kappa shape index (κ2) is 6.78. The quantitative estimate of drug-likeness (QED) is 0.876. The van der Waals surface area contributed by atoms with E-state index < -0.39 is 12.1 Å². The van der Waals surface area contributed by atoms with Gasteiger partial charge in [0.15, 0.2) is 11.5 Å². The highest BCUT2D eigenvalue weighted by molar-refractivity contribution is 5.75. The van der Waals surface area contributed by atoms with Crippen molar-refractivity contribution in [1.29, 1.82) is 0 Å². The van der Waals surface area contributed by atoms with Gasteiger partial charge in [-0.1, -0.05) is 19.4 Å². The molecule has 1 N–H and O–H groups in total. The molecule has 0 spiro atoms. The van der Waals surface area contributed by atoms with Crippen LogP contribution in [0.25, 0.3) is 0 Å². The average molecular weight is 329 g/mol. The first kappa shape index (κ1) is 16.1. The van der Waals surface area contributed by atoms with Crippen molar-refractivity contribution in [3.05, 3.63) is 47.3 Å². The molecule has 1 aliphatic rings. The zero-order chi connectivity index (χ0) is 17.1. The maximum Gasteiger partial charge on any atom is 0.349 e. The number of aliphatic carboxylic acids is 1. The van der Waals surface area contributed by atoms with E-state index in [1.165, 1.54) is 0 Å². The third-order valence-electron chi connectivity index (χ3n) is 3.73. The van der Waals surface area contributed by atoms with Gasteiger partial charge in [-0.05, 0) is 37.6 Å². The molecule has 2 aromatic rings. The van der Waals surface area contributed by atoms with Crippen LogP contribution in [0.4, 0.5) is 0 Å². The van der Waals surface area contributed by atoms with Crippen molar-refractivity contribution in [2.24, 2.45) is 0 Å². The lowest BCUT2D eigenvalue weighted by atomic mass is 10.1. The third-order valence-corrected chi connectivity index (χ3v) is 3.73. The van der Waals surface area contributed by atoms with Gasteiger partial charge >= 0.3 is 5.97 Å². The summed E-state index contributed by atoms with van der Waals surface area (Å²) in [6.45, 7) is 4.08. The van der Waals surface area contributed by atoms with Crippen LogP contribution in [-0.4, -0.2) is 22.9 Å². The van der Waals surface area contributed by atoms with Gasteiger partial charge in [0.05, 0.1) is 5.69 Å². The van der Waals surface area contributed by atoms with Gasteiger partial charge in [-0.2, -0.15) is 0 Å². The Kier molecular flexibility index (Phi) is 4.55. The maximum atomic E-state index is 11.7. The highest BCUT2D eigenvalue weighted by atomic mass is 16.7. The number of ether oxygens (including phenoxy) is 3. The number of rotatable bonds is 6. The highest BCUT2D eigenvalue weighted by Gasteiger charge is 2.26. The van der Waals surface area contributed by atoms with Gasteiger partial charge in [0.25, 0.3) is 0 Å². The molecular formula is C18H19NO5. The first-order valence-corrected chi connectivity index (χ1v) is 7.84. The first-order valence-electron chi connectivity index (χ1n) is 7.84. The van der Waals surface area contributed by atoms with Crippen molar-refractivity contribution in [3.8, 4) is 17.2 Å². The highest BCUT2D eigenvalue weighted by Crippen LogP contribution is 2.35. The fourth-order valence-corrected chi connectivity index (χ4v) is 2.59. The number of carboxylic acid groups (broad SMARTS) is 1. The van der Waals surface area contributed by atoms with E-state index >= 15 is 0 Å². The minimum absolute atomic E-state index is 0.139. The molecule has 1 atom stereocenters. The number of carbonyl (C=O) groups is 1. The number of aromatic nitrogens is 1. The molecule has 0 saturated carbocycles. The summed E-state index contributed by atoms with van der Waals surface area (Å²) in [5.41, 5.74) is 2.14. The molecule has 6 nitrogen and oxygen atoms in total. The number of carboxylic acids is 1. The number of benzene rings is 1. The van der Waals surface area contributed by atoms with Gasteiger partial charge < -0.3 is 19.3 Å². The van der Waals surface area contributed by atoms with Gasteiger partial charge in [-0.15, -0.1) is 0 Å². The van der Waals surface area contributed by atoms with E-state index in [9.17, 15) is 9.90 Å². The smallest absolute Gasteiger partial charge is 0.349 e. The van der Waals surface area contributed by atoms with Gasteiger partial charge in [0, 0.05) is 11.3 Å². The Balaban J connectivity index is 1.91. The molecule has 0 aliphatic carbocycles. The zero-order valence-electron chi connectivity index (χ0n) is 13.6. The molecule has 3 rings (SSSR count). The third kappa shape index (κ3) is 3.27. The summed E-state index contributed by atoms with van der Waals surface area (Å²) >= 11 is 0. The molecule has 0 fully saturated rings. The Morgan fingerprint density at radius 3 is 2.83 bits per heavy atom. The first-order chi connectivity index (χ1) is 11.6. The summed E-state index contributed by atoms with van der Waals surface area (Å²) in [6.07, 6.45) is 0.485. The zero-order valence-corrected chi connectivity index (χ0v) is 13.6. The van der Waals surface area contributed by atoms with Gasteiger partial charge in [-0.3, -0.25) is 4.98 Å². The van der Waals surface area contributed by atoms with Crippen LogP contribution in [0.1, 0.15) is 36.4 Å². The van der Waals surface area contributed by atoms with E-state index in [1.54, 1.807) is 24.3 Å². The van der Waals surface area contributed by atoms with Crippen LogP contribution >= 0.6 is 0 Å². The summed E-state index contributed by atoms with van der Waals surface area (Å²) in [7, 11) is 0. The van der Waals surface area contributed by atoms with E-state index in [4.69, 9.17) is 14.2 Å². The van der Waals surface area contributed by atoms with Crippen LogP contribution in [0.15, 0.2) is 30.3 Å². The molecule has 0 bridgehead atoms. The van der Waals surface area contributed by atoms with Crippen LogP contribution < -0.4 is 14.2 Å². The minimum atomic E-state index is -1.14. The summed E-state index contributed by atoms with van der Waals surface area (Å²) in [6, 6.07) is 8.59. The van der Waals surface area contributed by atoms with Crippen LogP contribution in [0.5, 0.6) is 17.2 Å². The standard InChI is InChI=1S/C18H19NO5/c1-3-4-13-14(7-5-11(2)19-13)24-17(18(20)21)12-6-8-15-16(9-12)23-10-22-15/h5-9,17H,3-4,10H2,1-2H3,(H,20,21)/t17-/m1/s1. The van der Waals surface area contributed by atoms with Gasteiger partial charge in [0.2, 0.25) is 12.9 Å². The Hall–Kier alpha value is -2.76. The predicted octanol–water partition coefficient (Wildman–Crippen LogP) is 3.28. The van der Waals surface area contributed by atoms with E-state index in [-0.39, 0.29) is 6.79 Å². The van der Waals surface area contributed by atoms with Crippen molar-refractivity contribution in [2.75, 3.05) is 6.79 Å². The lowest BCUT2D eigenvalue weighted by molar-refractivity contribution is -0.145. The average Bonchev–Trinajstić information content (AvgIpc) is 3.01. The summed E-state index contributed by atoms with van der Waals surface area (Å²) < 4.78 is 16.4. The molecule has 126 valence electrons. The number of nitrogens with zero attached hydrogens (tertiary/aromatic N) is 1. The monoisotopic (exact) mass is 329 g/mol. The fraction of sp³-hybridized carbons (Fsp3) is 0.333. The fourth-order valence-electron chi connectivity index (χ4n) is 2.59. The molecule has 1 aliphatic heterocycles. The Labute approximate surface area is 140 Å². The molecule has 0 radical (unpaired) electrons. The van der Waals surface area contributed by atoms with Crippen molar-refractivity contribution < 1.29 is 24.1 Å². The lowest BCUT2D eigenvalue weighted by Gasteiger charge is -2.18. The van der Waals surface area contributed by atoms with Crippen molar-refractivity contribution in [1.82, 2.24) is 4.98 Å². The molecule has 0 saturated heterocycles. The second-order valence-corrected chi connectivity index (χ2v) is 5.60. The van der Waals surface area contributed by atoms with Crippen molar-refractivity contribution in [2.45, 2.75) is 32.8 Å². The maximum absolute atomic E-state index is 11.7. The van der Waals surface area contributed by atoms with Crippen LogP contribution in [-0.2, 0) is 11.2 Å². The molecule has 6 heteroatoms. The number of aryl methyl sites for hydroxylation is 2. The topological polar surface area (TPSA) is 77.9 Å². The number of hydrogen-bond acceptors (Lipinski definition) is 5. The number of fused-ring (bicyclic) bond motifs is 1. The van der Waals surface area contributed by atoms with Gasteiger partial charge in [0.1, 0.15) is 5.75 Å². The molecule has 1 aromatic carbocycles. The molecule has 0 unspecified atom stereocenters. The van der Waals surface area contributed by atoms with E-state index in [0.717, 1.165) is 24.2 Å². The minimum Gasteiger partial charge on any atom is -0.478 e. The lowest BCUT2D eigenvalue weighted by Crippen LogP contribution is -2.19.